The van der Waals surface area contributed by atoms with Gasteiger partial charge < -0.3 is 9.42 Å². The molecule has 2 aromatic rings. The van der Waals surface area contributed by atoms with Gasteiger partial charge in [-0.1, -0.05) is 5.16 Å². The first-order chi connectivity index (χ1) is 9.74. The fourth-order valence-electron chi connectivity index (χ4n) is 2.55. The molecule has 2 aromatic heterocycles. The molecule has 0 spiro atoms. The smallest absolute Gasteiger partial charge is 0.276 e. The van der Waals surface area contributed by atoms with Crippen molar-refractivity contribution in [3.63, 3.8) is 0 Å². The zero-order valence-electron chi connectivity index (χ0n) is 11.3. The predicted octanol–water partition coefficient (Wildman–Crippen LogP) is 1.79. The highest BCUT2D eigenvalue weighted by Crippen LogP contribution is 2.25. The number of carbonyl (C=O) groups is 1. The molecule has 0 bridgehead atoms. The van der Waals surface area contributed by atoms with Crippen molar-refractivity contribution in [2.24, 2.45) is 0 Å². The number of aryl methyl sites for hydroxylation is 1. The van der Waals surface area contributed by atoms with Gasteiger partial charge in [-0.2, -0.15) is 0 Å². The van der Waals surface area contributed by atoms with Gasteiger partial charge in [-0.05, 0) is 19.8 Å². The number of likely N-dealkylation sites (tertiary alicyclic amines) is 1. The summed E-state index contributed by atoms with van der Waals surface area (Å²) in [5.74, 6) is 0.820. The summed E-state index contributed by atoms with van der Waals surface area (Å²) in [6.45, 7) is 3.19. The fraction of sp³-hybridized carbons (Fsp3) is 0.429. The number of amides is 1. The van der Waals surface area contributed by atoms with E-state index in [0.29, 0.717) is 18.0 Å². The molecule has 0 radical (unpaired) electrons. The molecule has 104 valence electrons. The van der Waals surface area contributed by atoms with E-state index in [2.05, 4.69) is 15.1 Å². The molecule has 0 N–H and O–H groups in total. The molecule has 1 fully saturated rings. The Labute approximate surface area is 116 Å². The first-order valence-electron chi connectivity index (χ1n) is 6.72. The highest BCUT2D eigenvalue weighted by atomic mass is 16.5. The number of hydrogen-bond acceptors (Lipinski definition) is 5. The van der Waals surface area contributed by atoms with Crippen LogP contribution < -0.4 is 0 Å². The minimum atomic E-state index is -0.0737. The number of carbonyl (C=O) groups excluding carboxylic acids is 1. The van der Waals surface area contributed by atoms with Crippen molar-refractivity contribution in [1.82, 2.24) is 20.0 Å². The Morgan fingerprint density at radius 3 is 3.05 bits per heavy atom. The van der Waals surface area contributed by atoms with Crippen LogP contribution in [0.5, 0.6) is 0 Å². The number of rotatable bonds is 2. The molecule has 6 nitrogen and oxygen atoms in total. The van der Waals surface area contributed by atoms with Crippen LogP contribution in [-0.2, 0) is 0 Å². The van der Waals surface area contributed by atoms with Crippen LogP contribution in [0.25, 0.3) is 0 Å². The van der Waals surface area contributed by atoms with Gasteiger partial charge >= 0.3 is 0 Å². The minimum Gasteiger partial charge on any atom is -0.361 e. The summed E-state index contributed by atoms with van der Waals surface area (Å²) in [6, 6.07) is 1.67. The largest absolute Gasteiger partial charge is 0.361 e. The average Bonchev–Trinajstić information content (AvgIpc) is 2.94. The third-order valence-corrected chi connectivity index (χ3v) is 3.56. The van der Waals surface area contributed by atoms with Gasteiger partial charge in [0.15, 0.2) is 5.69 Å². The fourth-order valence-corrected chi connectivity index (χ4v) is 2.55. The third kappa shape index (κ3) is 2.54. The van der Waals surface area contributed by atoms with E-state index in [1.165, 1.54) is 0 Å². The zero-order chi connectivity index (χ0) is 13.9. The van der Waals surface area contributed by atoms with Gasteiger partial charge in [0.2, 0.25) is 0 Å². The summed E-state index contributed by atoms with van der Waals surface area (Å²) in [6.07, 6.45) is 7.12. The Hall–Kier alpha value is -2.24. The number of nitrogens with zero attached hydrogens (tertiary/aromatic N) is 4. The Bertz CT molecular complexity index is 596. The number of piperidine rings is 1. The van der Waals surface area contributed by atoms with Crippen molar-refractivity contribution in [2.45, 2.75) is 25.7 Å². The van der Waals surface area contributed by atoms with E-state index in [1.807, 2.05) is 4.90 Å². The normalized spacial score (nSPS) is 19.1. The Morgan fingerprint density at radius 2 is 2.35 bits per heavy atom. The van der Waals surface area contributed by atoms with Crippen LogP contribution in [0.2, 0.25) is 0 Å². The van der Waals surface area contributed by atoms with Crippen molar-refractivity contribution in [1.29, 1.82) is 0 Å². The SMILES string of the molecule is Cc1cc(C(=O)N2CCC[C@H](c3cnccn3)C2)no1. The molecular formula is C14H16N4O2. The lowest BCUT2D eigenvalue weighted by molar-refractivity contribution is 0.0695. The van der Waals surface area contributed by atoms with E-state index in [-0.39, 0.29) is 11.8 Å². The lowest BCUT2D eigenvalue weighted by Crippen LogP contribution is -2.39. The van der Waals surface area contributed by atoms with E-state index < -0.39 is 0 Å². The second-order valence-electron chi connectivity index (χ2n) is 5.04. The molecule has 20 heavy (non-hydrogen) atoms. The first-order valence-corrected chi connectivity index (χ1v) is 6.72. The van der Waals surface area contributed by atoms with E-state index in [9.17, 15) is 4.79 Å². The Balaban J connectivity index is 1.74. The monoisotopic (exact) mass is 272 g/mol. The van der Waals surface area contributed by atoms with Crippen LogP contribution in [0.3, 0.4) is 0 Å². The lowest BCUT2D eigenvalue weighted by atomic mass is 9.95. The maximum absolute atomic E-state index is 12.4. The zero-order valence-corrected chi connectivity index (χ0v) is 11.3. The molecular weight excluding hydrogens is 256 g/mol. The molecule has 1 amide bonds. The summed E-state index contributed by atoms with van der Waals surface area (Å²) in [5, 5.41) is 3.79. The first kappa shape index (κ1) is 12.8. The molecule has 0 aromatic carbocycles. The van der Waals surface area contributed by atoms with Crippen molar-refractivity contribution in [3.8, 4) is 0 Å². The van der Waals surface area contributed by atoms with Crippen molar-refractivity contribution >= 4 is 5.91 Å². The van der Waals surface area contributed by atoms with Gasteiger partial charge in [0.05, 0.1) is 5.69 Å². The predicted molar refractivity (Wildman–Crippen MR) is 71.2 cm³/mol. The van der Waals surface area contributed by atoms with Crippen molar-refractivity contribution < 1.29 is 9.32 Å². The topological polar surface area (TPSA) is 72.1 Å². The standard InChI is InChI=1S/C14H16N4O2/c1-10-7-12(17-20-10)14(19)18-6-2-3-11(9-18)13-8-15-4-5-16-13/h4-5,7-8,11H,2-3,6,9H2,1H3/t11-/m0/s1. The average molecular weight is 272 g/mol. The molecule has 6 heteroatoms. The summed E-state index contributed by atoms with van der Waals surface area (Å²) in [5.41, 5.74) is 1.32. The van der Waals surface area contributed by atoms with Crippen LogP contribution in [0.4, 0.5) is 0 Å². The van der Waals surface area contributed by atoms with Crippen molar-refractivity contribution in [3.05, 3.63) is 41.8 Å². The number of hydrogen-bond donors (Lipinski definition) is 0. The summed E-state index contributed by atoms with van der Waals surface area (Å²) < 4.78 is 4.97. The quantitative estimate of drug-likeness (QED) is 0.833. The van der Waals surface area contributed by atoms with Gasteiger partial charge in [0, 0.05) is 43.7 Å². The summed E-state index contributed by atoms with van der Waals surface area (Å²) >= 11 is 0. The van der Waals surface area contributed by atoms with Crippen LogP contribution in [0, 0.1) is 6.92 Å². The maximum atomic E-state index is 12.4. The van der Waals surface area contributed by atoms with E-state index in [4.69, 9.17) is 4.52 Å². The summed E-state index contributed by atoms with van der Waals surface area (Å²) in [7, 11) is 0. The number of aromatic nitrogens is 3. The van der Waals surface area contributed by atoms with Crippen molar-refractivity contribution in [2.75, 3.05) is 13.1 Å². The summed E-state index contributed by atoms with van der Waals surface area (Å²) in [4.78, 5) is 22.6. The Kier molecular flexibility index (Phi) is 3.45. The van der Waals surface area contributed by atoms with Gasteiger partial charge in [-0.3, -0.25) is 14.8 Å². The molecule has 1 aliphatic heterocycles. The minimum absolute atomic E-state index is 0.0737. The molecule has 3 rings (SSSR count). The van der Waals surface area contributed by atoms with Crippen LogP contribution in [0.15, 0.2) is 29.2 Å². The molecule has 1 saturated heterocycles. The molecule has 0 saturated carbocycles. The molecule has 1 atom stereocenters. The second-order valence-corrected chi connectivity index (χ2v) is 5.04. The van der Waals surface area contributed by atoms with Gasteiger partial charge in [0.1, 0.15) is 5.76 Å². The van der Waals surface area contributed by atoms with E-state index >= 15 is 0 Å². The molecule has 1 aliphatic rings. The van der Waals surface area contributed by atoms with Gasteiger partial charge in [0.25, 0.3) is 5.91 Å². The van der Waals surface area contributed by atoms with E-state index in [1.54, 1.807) is 31.6 Å². The Morgan fingerprint density at radius 1 is 1.45 bits per heavy atom. The highest BCUT2D eigenvalue weighted by Gasteiger charge is 2.27. The highest BCUT2D eigenvalue weighted by molar-refractivity contribution is 5.92. The van der Waals surface area contributed by atoms with Crippen LogP contribution in [0.1, 0.15) is 40.7 Å². The molecule has 0 unspecified atom stereocenters. The maximum Gasteiger partial charge on any atom is 0.276 e. The van der Waals surface area contributed by atoms with Gasteiger partial charge in [-0.15, -0.1) is 0 Å². The second kappa shape index (κ2) is 5.40. The van der Waals surface area contributed by atoms with Crippen LogP contribution >= 0.6 is 0 Å². The van der Waals surface area contributed by atoms with Crippen LogP contribution in [-0.4, -0.2) is 39.0 Å². The van der Waals surface area contributed by atoms with Gasteiger partial charge in [-0.25, -0.2) is 0 Å². The third-order valence-electron chi connectivity index (χ3n) is 3.56. The molecule has 3 heterocycles. The van der Waals surface area contributed by atoms with E-state index in [0.717, 1.165) is 25.1 Å². The lowest BCUT2D eigenvalue weighted by Gasteiger charge is -2.31. The molecule has 0 aliphatic carbocycles.